The number of halogens is 1. The van der Waals surface area contributed by atoms with Crippen molar-refractivity contribution in [3.8, 4) is 0 Å². The zero-order chi connectivity index (χ0) is 17.0. The fourth-order valence-corrected chi connectivity index (χ4v) is 2.96. The van der Waals surface area contributed by atoms with Gasteiger partial charge in [-0.15, -0.1) is 0 Å². The maximum Gasteiger partial charge on any atom is 0.315 e. The number of urea groups is 1. The third kappa shape index (κ3) is 4.08. The lowest BCUT2D eigenvalue weighted by molar-refractivity contribution is 0.0159. The fourth-order valence-electron chi connectivity index (χ4n) is 2.83. The van der Waals surface area contributed by atoms with Gasteiger partial charge in [-0.2, -0.15) is 0 Å². The first kappa shape index (κ1) is 16.8. The Morgan fingerprint density at radius 2 is 1.75 bits per heavy atom. The van der Waals surface area contributed by atoms with Gasteiger partial charge in [-0.25, -0.2) is 4.79 Å². The molecule has 0 spiro atoms. The molecular weight excluding hydrogens is 324 g/mol. The zero-order valence-corrected chi connectivity index (χ0v) is 14.1. The molecule has 2 aromatic carbocycles. The minimum Gasteiger partial charge on any atom is -0.383 e. The molecule has 0 unspecified atom stereocenters. The first-order valence-electron chi connectivity index (χ1n) is 8.12. The highest BCUT2D eigenvalue weighted by molar-refractivity contribution is 6.30. The zero-order valence-electron chi connectivity index (χ0n) is 13.3. The minimum atomic E-state index is -1.00. The molecule has 0 saturated heterocycles. The van der Waals surface area contributed by atoms with Gasteiger partial charge in [-0.1, -0.05) is 54.1 Å². The number of aliphatic hydroxyl groups is 1. The Morgan fingerprint density at radius 1 is 1.08 bits per heavy atom. The maximum atomic E-state index is 12.0. The summed E-state index contributed by atoms with van der Waals surface area (Å²) in [6, 6.07) is 16.6. The average molecular weight is 345 g/mol. The van der Waals surface area contributed by atoms with Crippen LogP contribution in [0.5, 0.6) is 0 Å². The van der Waals surface area contributed by atoms with Gasteiger partial charge in [0, 0.05) is 11.6 Å². The maximum absolute atomic E-state index is 12.0. The number of hydrogen-bond donors (Lipinski definition) is 3. The van der Waals surface area contributed by atoms with Crippen LogP contribution >= 0.6 is 11.6 Å². The van der Waals surface area contributed by atoms with Crippen molar-refractivity contribution < 1.29 is 9.90 Å². The van der Waals surface area contributed by atoms with Crippen molar-refractivity contribution in [2.24, 2.45) is 5.92 Å². The number of carbonyl (C=O) groups is 1. The number of benzene rings is 2. The lowest BCUT2D eigenvalue weighted by atomic mass is 9.89. The summed E-state index contributed by atoms with van der Waals surface area (Å²) in [5.74, 6) is 0.205. The van der Waals surface area contributed by atoms with Gasteiger partial charge in [0.15, 0.2) is 0 Å². The molecule has 0 heterocycles. The van der Waals surface area contributed by atoms with Crippen LogP contribution in [0.4, 0.5) is 4.79 Å². The van der Waals surface area contributed by atoms with E-state index in [0.717, 1.165) is 24.0 Å². The highest BCUT2D eigenvalue weighted by Gasteiger charge is 2.45. The van der Waals surface area contributed by atoms with Crippen LogP contribution in [0.1, 0.15) is 24.0 Å². The van der Waals surface area contributed by atoms with Crippen LogP contribution in [-0.2, 0) is 12.1 Å². The standard InChI is InChI=1S/C19H21ClN2O2/c20-17-10-6-14(7-11-17)12-21-18(23)22-13-19(24,16-8-9-16)15-4-2-1-3-5-15/h1-7,10-11,16,24H,8-9,12-13H2,(H2,21,22,23)/t19-/m1/s1. The molecule has 0 aromatic heterocycles. The molecule has 2 amide bonds. The molecule has 3 rings (SSSR count). The third-order valence-corrected chi connectivity index (χ3v) is 4.66. The van der Waals surface area contributed by atoms with Crippen molar-refractivity contribution in [3.63, 3.8) is 0 Å². The summed E-state index contributed by atoms with van der Waals surface area (Å²) in [5.41, 5.74) is 0.819. The molecule has 2 aromatic rings. The van der Waals surface area contributed by atoms with Crippen LogP contribution in [0.15, 0.2) is 54.6 Å². The molecule has 1 aliphatic rings. The number of carbonyl (C=O) groups excluding carboxylic acids is 1. The van der Waals surface area contributed by atoms with E-state index in [9.17, 15) is 9.90 Å². The molecule has 0 radical (unpaired) electrons. The van der Waals surface area contributed by atoms with Gasteiger partial charge >= 0.3 is 6.03 Å². The molecule has 1 aliphatic carbocycles. The Kier molecular flexibility index (Phi) is 5.07. The van der Waals surface area contributed by atoms with Crippen molar-refractivity contribution >= 4 is 17.6 Å². The molecule has 126 valence electrons. The van der Waals surface area contributed by atoms with E-state index < -0.39 is 5.60 Å². The average Bonchev–Trinajstić information content (AvgIpc) is 3.45. The van der Waals surface area contributed by atoms with E-state index in [1.54, 1.807) is 12.1 Å². The second-order valence-electron chi connectivity index (χ2n) is 6.23. The van der Waals surface area contributed by atoms with Gasteiger partial charge in [-0.3, -0.25) is 0 Å². The summed E-state index contributed by atoms with van der Waals surface area (Å²) >= 11 is 5.84. The Balaban J connectivity index is 1.55. The molecule has 0 bridgehead atoms. The highest BCUT2D eigenvalue weighted by atomic mass is 35.5. The van der Waals surface area contributed by atoms with Crippen molar-refractivity contribution in [2.45, 2.75) is 25.0 Å². The molecule has 1 atom stereocenters. The number of nitrogens with one attached hydrogen (secondary N) is 2. The number of rotatable bonds is 6. The number of amides is 2. The second kappa shape index (κ2) is 7.24. The third-order valence-electron chi connectivity index (χ3n) is 4.41. The molecule has 24 heavy (non-hydrogen) atoms. The summed E-state index contributed by atoms with van der Waals surface area (Å²) in [4.78, 5) is 12.0. The Morgan fingerprint density at radius 3 is 2.38 bits per heavy atom. The van der Waals surface area contributed by atoms with Gasteiger partial charge in [0.25, 0.3) is 0 Å². The molecule has 1 fully saturated rings. The Bertz CT molecular complexity index is 686. The highest BCUT2D eigenvalue weighted by Crippen LogP contribution is 2.45. The molecule has 0 aliphatic heterocycles. The summed E-state index contributed by atoms with van der Waals surface area (Å²) in [7, 11) is 0. The van der Waals surface area contributed by atoms with E-state index in [0.29, 0.717) is 11.6 Å². The van der Waals surface area contributed by atoms with Crippen molar-refractivity contribution in [1.82, 2.24) is 10.6 Å². The van der Waals surface area contributed by atoms with Crippen LogP contribution in [0.3, 0.4) is 0 Å². The lowest BCUT2D eigenvalue weighted by Gasteiger charge is -2.29. The second-order valence-corrected chi connectivity index (χ2v) is 6.66. The largest absolute Gasteiger partial charge is 0.383 e. The van der Waals surface area contributed by atoms with E-state index in [4.69, 9.17) is 11.6 Å². The van der Waals surface area contributed by atoms with Crippen molar-refractivity contribution in [1.29, 1.82) is 0 Å². The quantitative estimate of drug-likeness (QED) is 0.751. The van der Waals surface area contributed by atoms with E-state index in [2.05, 4.69) is 10.6 Å². The summed E-state index contributed by atoms with van der Waals surface area (Å²) in [6.45, 7) is 0.615. The van der Waals surface area contributed by atoms with Gasteiger partial charge in [-0.05, 0) is 42.0 Å². The molecule has 1 saturated carbocycles. The first-order chi connectivity index (χ1) is 11.6. The predicted octanol–water partition coefficient (Wildman–Crippen LogP) is 3.44. The normalized spacial score (nSPS) is 16.2. The van der Waals surface area contributed by atoms with Crippen molar-refractivity contribution in [3.05, 3.63) is 70.7 Å². The van der Waals surface area contributed by atoms with Crippen molar-refractivity contribution in [2.75, 3.05) is 6.54 Å². The predicted molar refractivity (Wildman–Crippen MR) is 94.8 cm³/mol. The monoisotopic (exact) mass is 344 g/mol. The first-order valence-corrected chi connectivity index (χ1v) is 8.50. The van der Waals surface area contributed by atoms with Crippen LogP contribution in [0, 0.1) is 5.92 Å². The van der Waals surface area contributed by atoms with Gasteiger partial charge in [0.05, 0.1) is 6.54 Å². The summed E-state index contributed by atoms with van der Waals surface area (Å²) < 4.78 is 0. The smallest absolute Gasteiger partial charge is 0.315 e. The fraction of sp³-hybridized carbons (Fsp3) is 0.316. The summed E-state index contributed by atoms with van der Waals surface area (Å²) in [6.07, 6.45) is 1.97. The molecular formula is C19H21ClN2O2. The number of hydrogen-bond acceptors (Lipinski definition) is 2. The van der Waals surface area contributed by atoms with Crippen LogP contribution in [-0.4, -0.2) is 17.7 Å². The van der Waals surface area contributed by atoms with E-state index in [1.165, 1.54) is 0 Å². The molecule has 5 heteroatoms. The Hall–Kier alpha value is -2.04. The van der Waals surface area contributed by atoms with Gasteiger partial charge < -0.3 is 15.7 Å². The van der Waals surface area contributed by atoms with Crippen LogP contribution in [0.25, 0.3) is 0 Å². The molecule has 4 nitrogen and oxygen atoms in total. The molecule has 3 N–H and O–H groups in total. The Labute approximate surface area is 146 Å². The lowest BCUT2D eigenvalue weighted by Crippen LogP contribution is -2.45. The van der Waals surface area contributed by atoms with Crippen LogP contribution < -0.4 is 10.6 Å². The summed E-state index contributed by atoms with van der Waals surface area (Å²) in [5, 5.41) is 17.3. The van der Waals surface area contributed by atoms with Gasteiger partial charge in [0.2, 0.25) is 0 Å². The topological polar surface area (TPSA) is 61.4 Å². The van der Waals surface area contributed by atoms with Gasteiger partial charge in [0.1, 0.15) is 5.60 Å². The van der Waals surface area contributed by atoms with E-state index >= 15 is 0 Å². The SMILES string of the molecule is O=C(NCc1ccc(Cl)cc1)NC[C@@](O)(c1ccccc1)C1CC1. The van der Waals surface area contributed by atoms with Crippen LogP contribution in [0.2, 0.25) is 5.02 Å². The van der Waals surface area contributed by atoms with E-state index in [1.807, 2.05) is 42.5 Å². The van der Waals surface area contributed by atoms with E-state index in [-0.39, 0.29) is 18.5 Å². The minimum absolute atomic E-state index is 0.203.